The maximum absolute atomic E-state index is 13.3. The monoisotopic (exact) mass is 482 g/mol. The van der Waals surface area contributed by atoms with E-state index in [-0.39, 0.29) is 17.8 Å². The molecule has 1 aliphatic rings. The molecule has 34 heavy (non-hydrogen) atoms. The fourth-order valence-corrected chi connectivity index (χ4v) is 4.86. The molecule has 1 saturated heterocycles. The smallest absolute Gasteiger partial charge is 0.233 e. The lowest BCUT2D eigenvalue weighted by atomic mass is 10.1. The molecule has 0 saturated carbocycles. The van der Waals surface area contributed by atoms with E-state index in [1.807, 2.05) is 64.9 Å². The van der Waals surface area contributed by atoms with Crippen LogP contribution in [0.3, 0.4) is 0 Å². The summed E-state index contributed by atoms with van der Waals surface area (Å²) in [4.78, 5) is 15.2. The van der Waals surface area contributed by atoms with Crippen LogP contribution in [0.4, 0.5) is 0 Å². The van der Waals surface area contributed by atoms with E-state index >= 15 is 0 Å². The number of hydrogen-bond donors (Lipinski definition) is 0. The molecule has 1 unspecified atom stereocenters. The molecule has 9 heteroatoms. The Kier molecular flexibility index (Phi) is 8.08. The van der Waals surface area contributed by atoms with Crippen molar-refractivity contribution in [1.82, 2.24) is 19.7 Å². The topological polar surface area (TPSA) is 78.7 Å². The summed E-state index contributed by atoms with van der Waals surface area (Å²) in [7, 11) is 3.28. The number of aromatic nitrogens is 3. The van der Waals surface area contributed by atoms with Crippen molar-refractivity contribution in [2.24, 2.45) is 0 Å². The van der Waals surface area contributed by atoms with Gasteiger partial charge in [-0.25, -0.2) is 0 Å². The minimum Gasteiger partial charge on any atom is -0.497 e. The van der Waals surface area contributed by atoms with Gasteiger partial charge in [0.1, 0.15) is 17.3 Å². The molecule has 1 aromatic heterocycles. The molecule has 1 fully saturated rings. The van der Waals surface area contributed by atoms with E-state index in [0.29, 0.717) is 18.2 Å². The van der Waals surface area contributed by atoms with Gasteiger partial charge in [-0.3, -0.25) is 9.36 Å². The highest BCUT2D eigenvalue weighted by Gasteiger charge is 2.24. The second kappa shape index (κ2) is 11.4. The van der Waals surface area contributed by atoms with Crippen LogP contribution in [0, 0.1) is 6.92 Å². The lowest BCUT2D eigenvalue weighted by Gasteiger charge is -2.25. The summed E-state index contributed by atoms with van der Waals surface area (Å²) >= 11 is 1.39. The zero-order valence-corrected chi connectivity index (χ0v) is 20.6. The van der Waals surface area contributed by atoms with Crippen molar-refractivity contribution in [3.63, 3.8) is 0 Å². The molecule has 0 aliphatic carbocycles. The minimum absolute atomic E-state index is 0.0326. The molecule has 2 aromatic carbocycles. The van der Waals surface area contributed by atoms with Gasteiger partial charge in [0.25, 0.3) is 0 Å². The van der Waals surface area contributed by atoms with Gasteiger partial charge in [0, 0.05) is 25.4 Å². The van der Waals surface area contributed by atoms with E-state index in [2.05, 4.69) is 10.2 Å². The van der Waals surface area contributed by atoms with Crippen LogP contribution in [0.15, 0.2) is 53.7 Å². The van der Waals surface area contributed by atoms with Gasteiger partial charge in [-0.05, 0) is 61.7 Å². The lowest BCUT2D eigenvalue weighted by Crippen LogP contribution is -2.38. The van der Waals surface area contributed by atoms with Crippen molar-refractivity contribution < 1.29 is 19.0 Å². The second-order valence-corrected chi connectivity index (χ2v) is 9.06. The highest BCUT2D eigenvalue weighted by molar-refractivity contribution is 7.99. The largest absolute Gasteiger partial charge is 0.497 e. The molecule has 0 bridgehead atoms. The molecule has 2 heterocycles. The Balaban J connectivity index is 1.48. The van der Waals surface area contributed by atoms with Crippen molar-refractivity contribution in [3.8, 4) is 17.2 Å². The number of carbonyl (C=O) groups is 1. The molecular formula is C25H30N4O4S. The Hall–Kier alpha value is -3.04. The van der Waals surface area contributed by atoms with E-state index in [1.165, 1.54) is 11.8 Å². The summed E-state index contributed by atoms with van der Waals surface area (Å²) in [6.45, 7) is 3.72. The van der Waals surface area contributed by atoms with Crippen molar-refractivity contribution in [1.29, 1.82) is 0 Å². The Morgan fingerprint density at radius 2 is 1.94 bits per heavy atom. The van der Waals surface area contributed by atoms with Gasteiger partial charge in [-0.15, -0.1) is 10.2 Å². The molecule has 180 valence electrons. The van der Waals surface area contributed by atoms with Crippen LogP contribution >= 0.6 is 11.8 Å². The van der Waals surface area contributed by atoms with Crippen LogP contribution < -0.4 is 9.47 Å². The fourth-order valence-electron chi connectivity index (χ4n) is 3.96. The molecule has 0 N–H and O–H groups in total. The van der Waals surface area contributed by atoms with Gasteiger partial charge in [0.05, 0.1) is 26.1 Å². The van der Waals surface area contributed by atoms with E-state index in [9.17, 15) is 4.79 Å². The summed E-state index contributed by atoms with van der Waals surface area (Å²) in [5.74, 6) is 2.60. The lowest BCUT2D eigenvalue weighted by molar-refractivity contribution is -0.130. The fraction of sp³-hybridized carbons (Fsp3) is 0.400. The number of hydrogen-bond acceptors (Lipinski definition) is 7. The summed E-state index contributed by atoms with van der Waals surface area (Å²) in [5.41, 5.74) is 1.94. The Morgan fingerprint density at radius 3 is 2.65 bits per heavy atom. The van der Waals surface area contributed by atoms with E-state index in [4.69, 9.17) is 14.2 Å². The first kappa shape index (κ1) is 24.1. The van der Waals surface area contributed by atoms with Crippen LogP contribution in [0.25, 0.3) is 5.69 Å². The van der Waals surface area contributed by atoms with Crippen LogP contribution in [-0.4, -0.2) is 64.8 Å². The molecular weight excluding hydrogens is 452 g/mol. The Morgan fingerprint density at radius 1 is 1.15 bits per heavy atom. The number of rotatable bonds is 10. The predicted octanol–water partition coefficient (Wildman–Crippen LogP) is 3.89. The molecule has 1 amide bonds. The number of methoxy groups -OCH3 is 2. The average Bonchev–Trinajstić information content (AvgIpc) is 3.51. The quantitative estimate of drug-likeness (QED) is 0.406. The summed E-state index contributed by atoms with van der Waals surface area (Å²) in [6.07, 6.45) is 2.08. The number of aryl methyl sites for hydroxylation is 1. The number of thioether (sulfide) groups is 1. The number of amides is 1. The minimum atomic E-state index is 0.0326. The zero-order chi connectivity index (χ0) is 23.9. The number of nitrogens with zero attached hydrogens (tertiary/aromatic N) is 4. The van der Waals surface area contributed by atoms with Crippen molar-refractivity contribution >= 4 is 17.7 Å². The first-order valence-corrected chi connectivity index (χ1v) is 12.3. The molecule has 4 rings (SSSR count). The van der Waals surface area contributed by atoms with E-state index in [1.54, 1.807) is 14.2 Å². The van der Waals surface area contributed by atoms with E-state index < -0.39 is 0 Å². The van der Waals surface area contributed by atoms with Crippen LogP contribution in [0.1, 0.15) is 24.2 Å². The molecule has 3 aromatic rings. The van der Waals surface area contributed by atoms with Crippen LogP contribution in [-0.2, 0) is 16.1 Å². The normalized spacial score (nSPS) is 15.3. The third kappa shape index (κ3) is 5.90. The first-order valence-electron chi connectivity index (χ1n) is 11.3. The maximum Gasteiger partial charge on any atom is 0.233 e. The standard InChI is InChI=1S/C25H30N4O4S/c1-18-26-27-25(29(18)20-9-11-21(31-2)12-10-20)34-17-24(30)28(16-23-8-5-13-33-23)15-19-6-4-7-22(14-19)32-3/h4,6-7,9-12,14,23H,5,8,13,15-17H2,1-3H3. The number of carbonyl (C=O) groups excluding carboxylic acids is 1. The first-order chi connectivity index (χ1) is 16.6. The molecule has 1 atom stereocenters. The maximum atomic E-state index is 13.3. The van der Waals surface area contributed by atoms with Gasteiger partial charge in [0.2, 0.25) is 5.91 Å². The summed E-state index contributed by atoms with van der Waals surface area (Å²) in [6, 6.07) is 15.5. The summed E-state index contributed by atoms with van der Waals surface area (Å²) < 4.78 is 18.4. The van der Waals surface area contributed by atoms with Gasteiger partial charge in [0.15, 0.2) is 5.16 Å². The molecule has 1 aliphatic heterocycles. The highest BCUT2D eigenvalue weighted by atomic mass is 32.2. The van der Waals surface area contributed by atoms with Crippen molar-refractivity contribution in [2.75, 3.05) is 33.1 Å². The average molecular weight is 483 g/mol. The van der Waals surface area contributed by atoms with Crippen LogP contribution in [0.5, 0.6) is 11.5 Å². The Bertz CT molecular complexity index is 1100. The third-order valence-electron chi connectivity index (χ3n) is 5.76. The highest BCUT2D eigenvalue weighted by Crippen LogP contribution is 2.25. The molecule has 0 radical (unpaired) electrons. The third-order valence-corrected chi connectivity index (χ3v) is 6.67. The Labute approximate surface area is 204 Å². The van der Waals surface area contributed by atoms with Crippen molar-refractivity contribution in [3.05, 3.63) is 59.9 Å². The van der Waals surface area contributed by atoms with Crippen molar-refractivity contribution in [2.45, 2.75) is 37.6 Å². The molecule has 8 nitrogen and oxygen atoms in total. The van der Waals surface area contributed by atoms with Gasteiger partial charge in [-0.2, -0.15) is 0 Å². The van der Waals surface area contributed by atoms with Gasteiger partial charge in [-0.1, -0.05) is 23.9 Å². The van der Waals surface area contributed by atoms with Crippen LogP contribution in [0.2, 0.25) is 0 Å². The predicted molar refractivity (Wildman–Crippen MR) is 131 cm³/mol. The summed E-state index contributed by atoms with van der Waals surface area (Å²) in [5, 5.41) is 9.21. The second-order valence-electron chi connectivity index (χ2n) is 8.11. The van der Waals surface area contributed by atoms with Gasteiger partial charge < -0.3 is 19.1 Å². The number of benzene rings is 2. The molecule has 0 spiro atoms. The SMILES string of the molecule is COc1ccc(-n2c(C)nnc2SCC(=O)N(Cc2cccc(OC)c2)CC2CCCO2)cc1. The van der Waals surface area contributed by atoms with E-state index in [0.717, 1.165) is 48.0 Å². The number of ether oxygens (including phenoxy) is 3. The van der Waals surface area contributed by atoms with Gasteiger partial charge >= 0.3 is 0 Å². The zero-order valence-electron chi connectivity index (χ0n) is 19.8.